The summed E-state index contributed by atoms with van der Waals surface area (Å²) >= 11 is 3.95. The number of benzene rings is 1. The van der Waals surface area contributed by atoms with Crippen LogP contribution in [0.1, 0.15) is 10.4 Å². The molecular weight excluding hydrogens is 239 g/mol. The third kappa shape index (κ3) is 3.16. The standard InChI is InChI=1S/C10H10F3NOS/c1-14(5-9(12)13)10(15)7-4-6(16)2-3-8(7)11/h2-4,9,16H,5H2,1H3. The highest BCUT2D eigenvalue weighted by Crippen LogP contribution is 2.15. The minimum Gasteiger partial charge on any atom is -0.336 e. The second-order valence-corrected chi connectivity index (χ2v) is 3.76. The van der Waals surface area contributed by atoms with Crippen molar-refractivity contribution in [1.29, 1.82) is 0 Å². The quantitative estimate of drug-likeness (QED) is 0.816. The third-order valence-electron chi connectivity index (χ3n) is 1.94. The predicted molar refractivity (Wildman–Crippen MR) is 56.6 cm³/mol. The number of rotatable bonds is 3. The van der Waals surface area contributed by atoms with Crippen molar-refractivity contribution in [1.82, 2.24) is 4.90 Å². The van der Waals surface area contributed by atoms with Crippen molar-refractivity contribution in [2.45, 2.75) is 11.3 Å². The van der Waals surface area contributed by atoms with E-state index in [0.717, 1.165) is 11.0 Å². The Balaban J connectivity index is 2.91. The molecule has 0 spiro atoms. The third-order valence-corrected chi connectivity index (χ3v) is 2.22. The minimum absolute atomic E-state index is 0.254. The van der Waals surface area contributed by atoms with Gasteiger partial charge in [0.1, 0.15) is 5.82 Å². The number of carbonyl (C=O) groups is 1. The summed E-state index contributed by atoms with van der Waals surface area (Å²) in [4.78, 5) is 12.7. The molecule has 0 aliphatic heterocycles. The van der Waals surface area contributed by atoms with E-state index in [9.17, 15) is 18.0 Å². The van der Waals surface area contributed by atoms with Gasteiger partial charge in [-0.3, -0.25) is 4.79 Å². The lowest BCUT2D eigenvalue weighted by atomic mass is 10.2. The molecule has 1 aromatic rings. The fraction of sp³-hybridized carbons (Fsp3) is 0.300. The summed E-state index contributed by atoms with van der Waals surface area (Å²) in [5.41, 5.74) is -0.254. The number of hydrogen-bond donors (Lipinski definition) is 1. The number of carbonyl (C=O) groups excluding carboxylic acids is 1. The Hall–Kier alpha value is -1.17. The molecular formula is C10H10F3NOS. The van der Waals surface area contributed by atoms with Gasteiger partial charge in [0.25, 0.3) is 12.3 Å². The molecule has 1 aromatic carbocycles. The molecule has 0 saturated carbocycles. The lowest BCUT2D eigenvalue weighted by Crippen LogP contribution is -2.31. The normalized spacial score (nSPS) is 10.6. The molecule has 88 valence electrons. The molecule has 2 nitrogen and oxygen atoms in total. The highest BCUT2D eigenvalue weighted by atomic mass is 32.1. The highest BCUT2D eigenvalue weighted by molar-refractivity contribution is 7.80. The summed E-state index contributed by atoms with van der Waals surface area (Å²) in [6.07, 6.45) is -2.64. The molecule has 1 rings (SSSR count). The predicted octanol–water partition coefficient (Wildman–Crippen LogP) is 2.45. The molecule has 0 N–H and O–H groups in total. The zero-order chi connectivity index (χ0) is 12.3. The van der Waals surface area contributed by atoms with Crippen LogP contribution in [0, 0.1) is 5.82 Å². The summed E-state index contributed by atoms with van der Waals surface area (Å²) < 4.78 is 37.3. The van der Waals surface area contributed by atoms with Crippen molar-refractivity contribution in [3.05, 3.63) is 29.6 Å². The fourth-order valence-electron chi connectivity index (χ4n) is 1.17. The molecule has 0 radical (unpaired) electrons. The smallest absolute Gasteiger partial charge is 0.256 e. The van der Waals surface area contributed by atoms with E-state index in [2.05, 4.69) is 12.6 Å². The maximum absolute atomic E-state index is 13.2. The molecule has 0 aliphatic rings. The number of alkyl halides is 2. The molecule has 0 saturated heterocycles. The molecule has 0 atom stereocenters. The van der Waals surface area contributed by atoms with E-state index in [1.165, 1.54) is 19.2 Å². The molecule has 0 aliphatic carbocycles. The molecule has 16 heavy (non-hydrogen) atoms. The maximum Gasteiger partial charge on any atom is 0.256 e. The Kier molecular flexibility index (Phi) is 4.23. The summed E-state index contributed by atoms with van der Waals surface area (Å²) in [5, 5.41) is 0. The van der Waals surface area contributed by atoms with Crippen molar-refractivity contribution in [2.24, 2.45) is 0 Å². The topological polar surface area (TPSA) is 20.3 Å². The SMILES string of the molecule is CN(CC(F)F)C(=O)c1cc(S)ccc1F. The molecule has 1 amide bonds. The first kappa shape index (κ1) is 12.9. The van der Waals surface area contributed by atoms with Gasteiger partial charge in [-0.05, 0) is 18.2 Å². The Morgan fingerprint density at radius 1 is 1.50 bits per heavy atom. The zero-order valence-electron chi connectivity index (χ0n) is 8.45. The van der Waals surface area contributed by atoms with Crippen molar-refractivity contribution in [3.8, 4) is 0 Å². The lowest BCUT2D eigenvalue weighted by Gasteiger charge is -2.16. The van der Waals surface area contributed by atoms with Crippen molar-refractivity contribution in [3.63, 3.8) is 0 Å². The number of thiol groups is 1. The van der Waals surface area contributed by atoms with Crippen LogP contribution in [0.5, 0.6) is 0 Å². The van der Waals surface area contributed by atoms with E-state index >= 15 is 0 Å². The van der Waals surface area contributed by atoms with Crippen LogP contribution in [0.25, 0.3) is 0 Å². The van der Waals surface area contributed by atoms with E-state index in [-0.39, 0.29) is 5.56 Å². The second kappa shape index (κ2) is 5.25. The summed E-state index contributed by atoms with van der Waals surface area (Å²) in [6, 6.07) is 3.66. The van der Waals surface area contributed by atoms with Gasteiger partial charge >= 0.3 is 0 Å². The monoisotopic (exact) mass is 249 g/mol. The van der Waals surface area contributed by atoms with E-state index < -0.39 is 24.7 Å². The first-order valence-corrected chi connectivity index (χ1v) is 4.88. The van der Waals surface area contributed by atoms with E-state index in [1.54, 1.807) is 0 Å². The molecule has 6 heteroatoms. The number of nitrogens with zero attached hydrogens (tertiary/aromatic N) is 1. The summed E-state index contributed by atoms with van der Waals surface area (Å²) in [5.74, 6) is -1.53. The summed E-state index contributed by atoms with van der Waals surface area (Å²) in [7, 11) is 1.19. The van der Waals surface area contributed by atoms with Gasteiger partial charge in [-0.1, -0.05) is 0 Å². The van der Waals surface area contributed by atoms with E-state index in [0.29, 0.717) is 4.90 Å². The van der Waals surface area contributed by atoms with Gasteiger partial charge in [-0.25, -0.2) is 13.2 Å². The van der Waals surface area contributed by atoms with Crippen LogP contribution in [0.4, 0.5) is 13.2 Å². The van der Waals surface area contributed by atoms with Crippen LogP contribution in [-0.2, 0) is 0 Å². The average molecular weight is 249 g/mol. The molecule has 0 aromatic heterocycles. The molecule has 0 bridgehead atoms. The van der Waals surface area contributed by atoms with Crippen molar-refractivity contribution < 1.29 is 18.0 Å². The largest absolute Gasteiger partial charge is 0.336 e. The zero-order valence-corrected chi connectivity index (χ0v) is 9.35. The number of amides is 1. The van der Waals surface area contributed by atoms with Crippen LogP contribution in [0.2, 0.25) is 0 Å². The van der Waals surface area contributed by atoms with Gasteiger partial charge in [0, 0.05) is 11.9 Å². The Morgan fingerprint density at radius 3 is 2.69 bits per heavy atom. The van der Waals surface area contributed by atoms with Gasteiger partial charge in [0.2, 0.25) is 0 Å². The van der Waals surface area contributed by atoms with Gasteiger partial charge in [-0.15, -0.1) is 12.6 Å². The number of hydrogen-bond acceptors (Lipinski definition) is 2. The first-order chi connectivity index (χ1) is 7.41. The van der Waals surface area contributed by atoms with Crippen LogP contribution >= 0.6 is 12.6 Å². The minimum atomic E-state index is -2.64. The Morgan fingerprint density at radius 2 is 2.12 bits per heavy atom. The number of halogens is 3. The summed E-state index contributed by atoms with van der Waals surface area (Å²) in [6.45, 7) is -0.727. The fourth-order valence-corrected chi connectivity index (χ4v) is 1.38. The van der Waals surface area contributed by atoms with Crippen LogP contribution in [-0.4, -0.2) is 30.8 Å². The van der Waals surface area contributed by atoms with Crippen molar-refractivity contribution >= 4 is 18.5 Å². The molecule has 0 heterocycles. The van der Waals surface area contributed by atoms with Gasteiger partial charge < -0.3 is 4.90 Å². The molecule has 0 fully saturated rings. The van der Waals surface area contributed by atoms with Crippen LogP contribution < -0.4 is 0 Å². The van der Waals surface area contributed by atoms with Gasteiger partial charge in [0.05, 0.1) is 12.1 Å². The Bertz CT molecular complexity index is 398. The first-order valence-electron chi connectivity index (χ1n) is 4.44. The van der Waals surface area contributed by atoms with Crippen LogP contribution in [0.3, 0.4) is 0 Å². The second-order valence-electron chi connectivity index (χ2n) is 3.24. The van der Waals surface area contributed by atoms with E-state index in [4.69, 9.17) is 0 Å². The highest BCUT2D eigenvalue weighted by Gasteiger charge is 2.19. The Labute approximate surface area is 96.5 Å². The van der Waals surface area contributed by atoms with Gasteiger partial charge in [0.15, 0.2) is 0 Å². The average Bonchev–Trinajstić information content (AvgIpc) is 2.19. The maximum atomic E-state index is 13.2. The lowest BCUT2D eigenvalue weighted by molar-refractivity contribution is 0.0616. The molecule has 0 unspecified atom stereocenters. The van der Waals surface area contributed by atoms with Gasteiger partial charge in [-0.2, -0.15) is 0 Å². The van der Waals surface area contributed by atoms with Crippen LogP contribution in [0.15, 0.2) is 23.1 Å². The van der Waals surface area contributed by atoms with Crippen molar-refractivity contribution in [2.75, 3.05) is 13.6 Å². The van der Waals surface area contributed by atoms with E-state index in [1.807, 2.05) is 0 Å².